The fraction of sp³-hybridized carbons (Fsp3) is 0.462. The van der Waals surface area contributed by atoms with Crippen molar-refractivity contribution in [2.75, 3.05) is 14.2 Å². The Bertz CT molecular complexity index is 524. The number of carboxylic acid groups (broad SMARTS) is 1. The largest absolute Gasteiger partial charge is 0.480 e. The lowest BCUT2D eigenvalue weighted by molar-refractivity contribution is -0.147. The normalized spacial score (nSPS) is 11.6. The van der Waals surface area contributed by atoms with Crippen LogP contribution >= 0.6 is 0 Å². The van der Waals surface area contributed by atoms with E-state index >= 15 is 0 Å². The minimum Gasteiger partial charge on any atom is -0.480 e. The number of methoxy groups -OCH3 is 1. The van der Waals surface area contributed by atoms with Gasteiger partial charge in [0.25, 0.3) is 0 Å². The first-order valence-electron chi connectivity index (χ1n) is 6.19. The number of ether oxygens (including phenoxy) is 1. The second-order valence-corrected chi connectivity index (χ2v) is 4.48. The van der Waals surface area contributed by atoms with Crippen molar-refractivity contribution in [2.24, 2.45) is 0 Å². The van der Waals surface area contributed by atoms with E-state index in [1.54, 1.807) is 13.0 Å². The Balaban J connectivity index is 2.62. The van der Waals surface area contributed by atoms with E-state index in [9.17, 15) is 14.4 Å². The van der Waals surface area contributed by atoms with Gasteiger partial charge in [-0.15, -0.1) is 0 Å². The van der Waals surface area contributed by atoms with E-state index in [1.807, 2.05) is 0 Å². The van der Waals surface area contributed by atoms with Gasteiger partial charge < -0.3 is 24.5 Å². The molecular weight excluding hydrogens is 280 g/mol. The van der Waals surface area contributed by atoms with Gasteiger partial charge in [0, 0.05) is 12.6 Å². The van der Waals surface area contributed by atoms with Gasteiger partial charge in [-0.1, -0.05) is 0 Å². The van der Waals surface area contributed by atoms with Gasteiger partial charge in [0.05, 0.1) is 26.3 Å². The van der Waals surface area contributed by atoms with Crippen molar-refractivity contribution in [1.82, 2.24) is 10.2 Å². The predicted octanol–water partition coefficient (Wildman–Crippen LogP) is 0.746. The zero-order valence-electron chi connectivity index (χ0n) is 12.1. The number of aryl methyl sites for hydroxylation is 1. The molecule has 0 saturated heterocycles. The molecule has 0 aliphatic heterocycles. The highest BCUT2D eigenvalue weighted by Crippen LogP contribution is 2.11. The van der Waals surface area contributed by atoms with Gasteiger partial charge in [-0.25, -0.2) is 9.59 Å². The molecule has 2 N–H and O–H groups in total. The lowest BCUT2D eigenvalue weighted by Crippen LogP contribution is -2.47. The van der Waals surface area contributed by atoms with Crippen molar-refractivity contribution in [1.29, 1.82) is 0 Å². The highest BCUT2D eigenvalue weighted by Gasteiger charge is 2.25. The van der Waals surface area contributed by atoms with Gasteiger partial charge in [0.1, 0.15) is 11.8 Å². The van der Waals surface area contributed by atoms with Crippen LogP contribution in [0.1, 0.15) is 17.7 Å². The minimum absolute atomic E-state index is 0.263. The lowest BCUT2D eigenvalue weighted by Gasteiger charge is -2.20. The summed E-state index contributed by atoms with van der Waals surface area (Å²) in [5, 5.41) is 11.3. The number of hydrogen-bond acceptors (Lipinski definition) is 5. The number of esters is 1. The summed E-state index contributed by atoms with van der Waals surface area (Å²) in [6, 6.07) is -0.216. The second-order valence-electron chi connectivity index (χ2n) is 4.48. The zero-order chi connectivity index (χ0) is 16.0. The Morgan fingerprint density at radius 2 is 2.14 bits per heavy atom. The number of carbonyl (C=O) groups excluding carboxylic acids is 2. The molecule has 8 nitrogen and oxygen atoms in total. The molecule has 0 bridgehead atoms. The average Bonchev–Trinajstić information content (AvgIpc) is 2.82. The Labute approximate surface area is 121 Å². The van der Waals surface area contributed by atoms with Crippen molar-refractivity contribution >= 4 is 18.0 Å². The van der Waals surface area contributed by atoms with Gasteiger partial charge in [-0.2, -0.15) is 0 Å². The number of carbonyl (C=O) groups is 3. The van der Waals surface area contributed by atoms with Crippen molar-refractivity contribution < 1.29 is 28.6 Å². The summed E-state index contributed by atoms with van der Waals surface area (Å²) >= 11 is 0. The molecule has 0 unspecified atom stereocenters. The Morgan fingerprint density at radius 1 is 1.48 bits per heavy atom. The van der Waals surface area contributed by atoms with Crippen LogP contribution in [-0.4, -0.2) is 48.2 Å². The molecule has 1 atom stereocenters. The summed E-state index contributed by atoms with van der Waals surface area (Å²) in [5.41, 5.74) is 0.812. The smallest absolute Gasteiger partial charge is 0.326 e. The number of nitrogens with one attached hydrogen (secondary N) is 1. The van der Waals surface area contributed by atoms with Crippen LogP contribution in [0, 0.1) is 6.92 Å². The third-order valence-electron chi connectivity index (χ3n) is 2.91. The first-order valence-corrected chi connectivity index (χ1v) is 6.19. The average molecular weight is 298 g/mol. The molecule has 0 aliphatic rings. The van der Waals surface area contributed by atoms with E-state index in [1.165, 1.54) is 18.2 Å². The number of hydrogen-bond donors (Lipinski definition) is 2. The van der Waals surface area contributed by atoms with E-state index in [-0.39, 0.29) is 6.54 Å². The van der Waals surface area contributed by atoms with Crippen LogP contribution in [0.5, 0.6) is 0 Å². The lowest BCUT2D eigenvalue weighted by atomic mass is 10.2. The monoisotopic (exact) mass is 298 g/mol. The number of urea groups is 1. The molecule has 0 aliphatic carbocycles. The molecule has 8 heteroatoms. The van der Waals surface area contributed by atoms with Crippen molar-refractivity contribution in [3.63, 3.8) is 0 Å². The van der Waals surface area contributed by atoms with Crippen LogP contribution in [0.25, 0.3) is 0 Å². The number of nitrogens with zero attached hydrogens (tertiary/aromatic N) is 1. The maximum absolute atomic E-state index is 11.9. The molecule has 1 heterocycles. The summed E-state index contributed by atoms with van der Waals surface area (Å²) in [6.45, 7) is 2.02. The van der Waals surface area contributed by atoms with Crippen LogP contribution in [0.15, 0.2) is 16.7 Å². The maximum atomic E-state index is 11.9. The van der Waals surface area contributed by atoms with Gasteiger partial charge in [-0.3, -0.25) is 4.79 Å². The first-order chi connectivity index (χ1) is 9.85. The van der Waals surface area contributed by atoms with Crippen molar-refractivity contribution in [3.05, 3.63) is 23.7 Å². The maximum Gasteiger partial charge on any atom is 0.326 e. The molecule has 2 amide bonds. The summed E-state index contributed by atoms with van der Waals surface area (Å²) in [6.07, 6.45) is 1.07. The summed E-state index contributed by atoms with van der Waals surface area (Å²) in [5.74, 6) is -1.34. The number of furan rings is 1. The summed E-state index contributed by atoms with van der Waals surface area (Å²) in [7, 11) is 2.66. The Morgan fingerprint density at radius 3 is 2.62 bits per heavy atom. The van der Waals surface area contributed by atoms with Crippen molar-refractivity contribution in [3.8, 4) is 0 Å². The first kappa shape index (κ1) is 16.5. The second kappa shape index (κ2) is 7.32. The summed E-state index contributed by atoms with van der Waals surface area (Å²) in [4.78, 5) is 35.4. The zero-order valence-corrected chi connectivity index (χ0v) is 12.1. The SMILES string of the molecule is COC(=O)C[C@H](NC(=O)N(C)Cc1ccoc1C)C(=O)O. The van der Waals surface area contributed by atoms with Gasteiger partial charge in [0.2, 0.25) is 0 Å². The number of carboxylic acids is 1. The van der Waals surface area contributed by atoms with E-state index in [0.717, 1.165) is 12.7 Å². The third kappa shape index (κ3) is 4.83. The van der Waals surface area contributed by atoms with Crippen LogP contribution in [0.3, 0.4) is 0 Å². The molecule has 0 radical (unpaired) electrons. The Kier molecular flexibility index (Phi) is 5.77. The van der Waals surface area contributed by atoms with Gasteiger partial charge in [-0.05, 0) is 13.0 Å². The molecule has 0 spiro atoms. The van der Waals surface area contributed by atoms with Gasteiger partial charge in [0.15, 0.2) is 0 Å². The Hall–Kier alpha value is -2.51. The van der Waals surface area contributed by atoms with Crippen molar-refractivity contribution in [2.45, 2.75) is 25.9 Å². The predicted molar refractivity (Wildman–Crippen MR) is 71.5 cm³/mol. The molecule has 0 saturated carbocycles. The molecule has 1 aromatic rings. The molecule has 0 aromatic carbocycles. The number of rotatable bonds is 6. The van der Waals surface area contributed by atoms with E-state index in [4.69, 9.17) is 9.52 Å². The fourth-order valence-electron chi connectivity index (χ4n) is 1.61. The fourth-order valence-corrected chi connectivity index (χ4v) is 1.61. The van der Waals surface area contributed by atoms with E-state index < -0.39 is 30.4 Å². The molecule has 21 heavy (non-hydrogen) atoms. The van der Waals surface area contributed by atoms with Crippen LogP contribution in [0.2, 0.25) is 0 Å². The molecule has 1 rings (SSSR count). The van der Waals surface area contributed by atoms with E-state index in [0.29, 0.717) is 5.76 Å². The highest BCUT2D eigenvalue weighted by atomic mass is 16.5. The standard InChI is InChI=1S/C13H18N2O6/c1-8-9(4-5-21-8)7-15(2)13(19)14-10(12(17)18)6-11(16)20-3/h4-5,10H,6-7H2,1-3H3,(H,14,19)(H,17,18)/t10-/m0/s1. The minimum atomic E-state index is -1.34. The van der Waals surface area contributed by atoms with Crippen LogP contribution in [-0.2, 0) is 20.9 Å². The molecular formula is C13H18N2O6. The topological polar surface area (TPSA) is 109 Å². The molecule has 116 valence electrons. The highest BCUT2D eigenvalue weighted by molar-refractivity contribution is 5.86. The number of amides is 2. The van der Waals surface area contributed by atoms with Gasteiger partial charge >= 0.3 is 18.0 Å². The summed E-state index contributed by atoms with van der Waals surface area (Å²) < 4.78 is 9.51. The van der Waals surface area contributed by atoms with E-state index in [2.05, 4.69) is 10.1 Å². The quantitative estimate of drug-likeness (QED) is 0.750. The molecule has 1 aromatic heterocycles. The third-order valence-corrected chi connectivity index (χ3v) is 2.91. The van der Waals surface area contributed by atoms with Crippen LogP contribution in [0.4, 0.5) is 4.79 Å². The molecule has 0 fully saturated rings. The van der Waals surface area contributed by atoms with Crippen LogP contribution < -0.4 is 5.32 Å². The number of aliphatic carboxylic acids is 1.